The van der Waals surface area contributed by atoms with Gasteiger partial charge in [-0.1, -0.05) is 50.3 Å². The van der Waals surface area contributed by atoms with Crippen molar-refractivity contribution < 1.29 is 4.11 Å². The van der Waals surface area contributed by atoms with E-state index in [1.807, 2.05) is 18.2 Å². The maximum absolute atomic E-state index is 7.95. The third kappa shape index (κ3) is 3.70. The molecule has 1 rings (SSSR count). The first kappa shape index (κ1) is 7.86. The molecule has 0 aliphatic heterocycles. The quantitative estimate of drug-likeness (QED) is 0.527. The van der Waals surface area contributed by atoms with Crippen LogP contribution in [0.25, 0.3) is 0 Å². The lowest BCUT2D eigenvalue weighted by atomic mass is 9.98. The van der Waals surface area contributed by atoms with Crippen LogP contribution < -0.4 is 0 Å². The molecule has 0 bridgehead atoms. The van der Waals surface area contributed by atoms with Crippen LogP contribution in [0.15, 0.2) is 48.1 Å². The van der Waals surface area contributed by atoms with E-state index in [0.29, 0.717) is 0 Å². The Labute approximate surface area is 96.6 Å². The molecule has 1 aliphatic rings. The Morgan fingerprint density at radius 3 is 2.93 bits per heavy atom. The van der Waals surface area contributed by atoms with Crippen molar-refractivity contribution in [1.29, 1.82) is 5.41 Å². The summed E-state index contributed by atoms with van der Waals surface area (Å²) in [5.74, 6) is -0.996. The van der Waals surface area contributed by atoms with Crippen molar-refractivity contribution >= 4 is 5.71 Å². The van der Waals surface area contributed by atoms with Crippen molar-refractivity contribution in [2.75, 3.05) is 0 Å². The number of allylic oxidation sites excluding steroid dienone is 7. The average molecular weight is 204 g/mol. The molecule has 1 N–H and O–H groups in total. The van der Waals surface area contributed by atoms with E-state index >= 15 is 0 Å². The fraction of sp³-hybridized carbons (Fsp3) is 0.357. The minimum atomic E-state index is -0.996. The molecular weight excluding hydrogens is 182 g/mol. The summed E-state index contributed by atoms with van der Waals surface area (Å²) in [7, 11) is 0. The maximum atomic E-state index is 7.95. The van der Waals surface area contributed by atoms with Crippen molar-refractivity contribution in [1.82, 2.24) is 0 Å². The highest BCUT2D eigenvalue weighted by Crippen LogP contribution is 2.14. The molecule has 0 heterocycles. The fourth-order valence-electron chi connectivity index (χ4n) is 1.15. The predicted octanol–water partition coefficient (Wildman–Crippen LogP) is 4.05. The molecule has 0 atom stereocenters. The van der Waals surface area contributed by atoms with Gasteiger partial charge in [-0.15, -0.1) is 0 Å². The molecule has 0 amide bonds. The van der Waals surface area contributed by atoms with Crippen molar-refractivity contribution in [3.63, 3.8) is 0 Å². The van der Waals surface area contributed by atoms with Gasteiger partial charge in [-0.25, -0.2) is 0 Å². The Balaban J connectivity index is 3.01. The number of rotatable bonds is 4. The molecule has 0 aromatic heterocycles. The molecule has 0 radical (unpaired) electrons. The van der Waals surface area contributed by atoms with Crippen LogP contribution in [0, 0.1) is 11.3 Å². The third-order valence-corrected chi connectivity index (χ3v) is 2.28. The molecule has 0 fully saturated rings. The highest BCUT2D eigenvalue weighted by molar-refractivity contribution is 6.06. The second kappa shape index (κ2) is 5.50. The molecule has 0 aromatic carbocycles. The fourth-order valence-corrected chi connectivity index (χ4v) is 1.15. The highest BCUT2D eigenvalue weighted by Gasteiger charge is 2.03. The van der Waals surface area contributed by atoms with Crippen molar-refractivity contribution in [2.24, 2.45) is 5.89 Å². The van der Waals surface area contributed by atoms with Crippen LogP contribution >= 0.6 is 0 Å². The summed E-state index contributed by atoms with van der Waals surface area (Å²) in [6.07, 6.45) is 7.27. The van der Waals surface area contributed by atoms with Gasteiger partial charge in [0.2, 0.25) is 0 Å². The second-order valence-electron chi connectivity index (χ2n) is 3.76. The Hall–Kier alpha value is -1.37. The van der Waals surface area contributed by atoms with Crippen LogP contribution in [0.3, 0.4) is 0 Å². The Bertz CT molecular complexity index is 462. The number of hydrogen-bond acceptors (Lipinski definition) is 1. The molecule has 80 valence electrons. The summed E-state index contributed by atoms with van der Waals surface area (Å²) in [5, 5.41) is 7.95. The third-order valence-electron chi connectivity index (χ3n) is 2.28. The standard InChI is InChI=1S/C14H19N/c1-11(2)12(3)9-10-14(15)13-7-5-4-6-8-13/h4-5,7,9-11,15H,3,6,8H2,1-2H3/b10-9-,15-14?/i9D,10D,11D. The minimum absolute atomic E-state index is 0.0646. The second-order valence-corrected chi connectivity index (χ2v) is 3.76. The first-order chi connectivity index (χ1) is 8.25. The summed E-state index contributed by atoms with van der Waals surface area (Å²) >= 11 is 0. The van der Waals surface area contributed by atoms with Gasteiger partial charge >= 0.3 is 0 Å². The van der Waals surface area contributed by atoms with E-state index in [1.54, 1.807) is 13.8 Å². The van der Waals surface area contributed by atoms with E-state index in [1.165, 1.54) is 0 Å². The van der Waals surface area contributed by atoms with Crippen molar-refractivity contribution in [3.8, 4) is 0 Å². The lowest BCUT2D eigenvalue weighted by Crippen LogP contribution is -2.00. The molecule has 0 saturated heterocycles. The lowest BCUT2D eigenvalue weighted by molar-refractivity contribution is 0.795. The van der Waals surface area contributed by atoms with E-state index in [9.17, 15) is 0 Å². The summed E-state index contributed by atoms with van der Waals surface area (Å²) in [6.45, 7) is 6.95. The van der Waals surface area contributed by atoms with E-state index in [2.05, 4.69) is 6.58 Å². The van der Waals surface area contributed by atoms with Gasteiger partial charge in [0.15, 0.2) is 0 Å². The summed E-state index contributed by atoms with van der Waals surface area (Å²) < 4.78 is 23.6. The maximum Gasteiger partial charge on any atom is 0.0645 e. The number of hydrogen-bond donors (Lipinski definition) is 1. The Morgan fingerprint density at radius 2 is 2.40 bits per heavy atom. The molecule has 0 saturated carbocycles. The van der Waals surface area contributed by atoms with E-state index in [4.69, 9.17) is 9.52 Å². The van der Waals surface area contributed by atoms with Crippen LogP contribution in [0.2, 0.25) is 0 Å². The SMILES string of the molecule is [2H]/C(C(=C)C([2H])(C)C)=C(\[2H])C(=N)C1=CC=CCC1. The van der Waals surface area contributed by atoms with E-state index in [0.717, 1.165) is 18.4 Å². The highest BCUT2D eigenvalue weighted by atomic mass is 14.4. The van der Waals surface area contributed by atoms with Gasteiger partial charge in [0, 0.05) is 1.37 Å². The van der Waals surface area contributed by atoms with Gasteiger partial charge < -0.3 is 5.41 Å². The van der Waals surface area contributed by atoms with Crippen molar-refractivity contribution in [2.45, 2.75) is 26.7 Å². The minimum Gasteiger partial charge on any atom is -0.301 e. The molecule has 15 heavy (non-hydrogen) atoms. The van der Waals surface area contributed by atoms with E-state index in [-0.39, 0.29) is 23.4 Å². The molecule has 0 aromatic rings. The largest absolute Gasteiger partial charge is 0.301 e. The Morgan fingerprint density at radius 1 is 1.67 bits per heavy atom. The van der Waals surface area contributed by atoms with Gasteiger partial charge in [-0.2, -0.15) is 0 Å². The van der Waals surface area contributed by atoms with Gasteiger partial charge in [0.05, 0.1) is 8.45 Å². The molecule has 1 nitrogen and oxygen atoms in total. The summed E-state index contributed by atoms with van der Waals surface area (Å²) in [4.78, 5) is 0. The molecule has 1 aliphatic carbocycles. The van der Waals surface area contributed by atoms with Crippen LogP contribution in [-0.4, -0.2) is 5.71 Å². The van der Waals surface area contributed by atoms with E-state index < -0.39 is 5.89 Å². The van der Waals surface area contributed by atoms with Crippen LogP contribution in [0.4, 0.5) is 0 Å². The zero-order valence-electron chi connectivity index (χ0n) is 12.4. The van der Waals surface area contributed by atoms with Gasteiger partial charge in [0.1, 0.15) is 0 Å². The molecule has 1 heteroatoms. The molecular formula is C14H19N. The lowest BCUT2D eigenvalue weighted by Gasteiger charge is -2.08. The monoisotopic (exact) mass is 204 g/mol. The number of nitrogens with one attached hydrogen (secondary N) is 1. The van der Waals surface area contributed by atoms with Crippen LogP contribution in [0.1, 0.15) is 30.8 Å². The summed E-state index contributed by atoms with van der Waals surface area (Å²) in [6, 6.07) is -0.266. The average Bonchev–Trinajstić information content (AvgIpc) is 2.35. The first-order valence-electron chi connectivity index (χ1n) is 6.57. The normalized spacial score (nSPS) is 20.7. The zero-order chi connectivity index (χ0) is 13.9. The smallest absolute Gasteiger partial charge is 0.0645 e. The topological polar surface area (TPSA) is 23.9 Å². The van der Waals surface area contributed by atoms with Gasteiger partial charge in [-0.05, 0) is 30.4 Å². The van der Waals surface area contributed by atoms with Gasteiger partial charge in [0.25, 0.3) is 0 Å². The first-order valence-corrected chi connectivity index (χ1v) is 5.07. The molecule has 0 unspecified atom stereocenters. The molecule has 0 spiro atoms. The summed E-state index contributed by atoms with van der Waals surface area (Å²) in [5.41, 5.74) is 1.10. The van der Waals surface area contributed by atoms with Gasteiger partial charge in [-0.3, -0.25) is 0 Å². The van der Waals surface area contributed by atoms with Crippen LogP contribution in [0.5, 0.6) is 0 Å². The predicted molar refractivity (Wildman–Crippen MR) is 67.3 cm³/mol. The van der Waals surface area contributed by atoms with Crippen LogP contribution in [-0.2, 0) is 0 Å². The Kier molecular flexibility index (Phi) is 2.88. The zero-order valence-corrected chi connectivity index (χ0v) is 9.35. The van der Waals surface area contributed by atoms with Crippen molar-refractivity contribution in [3.05, 3.63) is 48.1 Å².